The highest BCUT2D eigenvalue weighted by Gasteiger charge is 2.28. The molecule has 1 aromatic carbocycles. The first-order chi connectivity index (χ1) is 13.6. The molecule has 0 saturated carbocycles. The fourth-order valence-corrected chi connectivity index (χ4v) is 4.05. The van der Waals surface area contributed by atoms with E-state index >= 15 is 0 Å². The molecule has 28 heavy (non-hydrogen) atoms. The van der Waals surface area contributed by atoms with Crippen LogP contribution in [0.15, 0.2) is 48.8 Å². The number of aromatic nitrogens is 2. The van der Waals surface area contributed by atoms with Crippen LogP contribution in [0.2, 0.25) is 0 Å². The summed E-state index contributed by atoms with van der Waals surface area (Å²) in [5.74, 6) is -0.306. The van der Waals surface area contributed by atoms with Crippen LogP contribution in [0, 0.1) is 5.82 Å². The Kier molecular flexibility index (Phi) is 5.39. The first-order valence-corrected chi connectivity index (χ1v) is 9.84. The van der Waals surface area contributed by atoms with Crippen molar-refractivity contribution in [3.8, 4) is 0 Å². The molecule has 1 unspecified atom stereocenters. The zero-order valence-corrected chi connectivity index (χ0v) is 16.1. The van der Waals surface area contributed by atoms with Gasteiger partial charge < -0.3 is 9.88 Å². The molecular weight excluding hydrogens is 355 g/mol. The fraction of sp³-hybridized carbons (Fsp3) is 0.364. The maximum atomic E-state index is 13.4. The lowest BCUT2D eigenvalue weighted by Gasteiger charge is -2.39. The van der Waals surface area contributed by atoms with E-state index in [0.717, 1.165) is 43.4 Å². The molecule has 1 amide bonds. The number of halogens is 1. The van der Waals surface area contributed by atoms with Crippen LogP contribution in [0.4, 0.5) is 4.39 Å². The minimum atomic E-state index is -0.293. The van der Waals surface area contributed by atoms with Gasteiger partial charge in [0.2, 0.25) is 0 Å². The highest BCUT2D eigenvalue weighted by Crippen LogP contribution is 2.22. The number of rotatable bonds is 5. The number of fused-ring (bicyclic) bond motifs is 1. The Bertz CT molecular complexity index is 956. The van der Waals surface area contributed by atoms with Crippen molar-refractivity contribution in [2.75, 3.05) is 19.6 Å². The number of H-pyrrole nitrogens is 1. The van der Waals surface area contributed by atoms with Gasteiger partial charge in [0.1, 0.15) is 11.5 Å². The molecule has 0 bridgehead atoms. The maximum absolute atomic E-state index is 13.4. The van der Waals surface area contributed by atoms with Gasteiger partial charge in [-0.05, 0) is 61.3 Å². The summed E-state index contributed by atoms with van der Waals surface area (Å²) < 4.78 is 13.4. The number of benzene rings is 1. The van der Waals surface area contributed by atoms with E-state index in [1.807, 2.05) is 29.4 Å². The molecule has 5 nitrogen and oxygen atoms in total. The second-order valence-electron chi connectivity index (χ2n) is 7.38. The zero-order valence-electron chi connectivity index (χ0n) is 16.1. The molecule has 6 heteroatoms. The Labute approximate surface area is 164 Å². The number of carbonyl (C=O) groups is 1. The Morgan fingerprint density at radius 2 is 2.11 bits per heavy atom. The van der Waals surface area contributed by atoms with E-state index in [9.17, 15) is 9.18 Å². The number of piperidine rings is 1. The molecule has 1 fully saturated rings. The SMILES string of the molecule is CCN(Cc1ccncc1)C1CCCN(C(=O)c2cc3cc(F)ccc3[nH]2)C1. The van der Waals surface area contributed by atoms with Crippen molar-refractivity contribution in [2.24, 2.45) is 0 Å². The van der Waals surface area contributed by atoms with Crippen LogP contribution < -0.4 is 0 Å². The number of aromatic amines is 1. The van der Waals surface area contributed by atoms with E-state index in [1.54, 1.807) is 12.1 Å². The quantitative estimate of drug-likeness (QED) is 0.732. The number of nitrogens with zero attached hydrogens (tertiary/aromatic N) is 3. The molecule has 3 heterocycles. The van der Waals surface area contributed by atoms with Crippen molar-refractivity contribution in [3.63, 3.8) is 0 Å². The molecule has 0 radical (unpaired) electrons. The summed E-state index contributed by atoms with van der Waals surface area (Å²) in [6.45, 7) is 5.42. The van der Waals surface area contributed by atoms with Crippen LogP contribution in [-0.4, -0.2) is 51.4 Å². The third-order valence-corrected chi connectivity index (χ3v) is 5.55. The van der Waals surface area contributed by atoms with Crippen molar-refractivity contribution in [3.05, 3.63) is 65.9 Å². The minimum Gasteiger partial charge on any atom is -0.351 e. The number of hydrogen-bond acceptors (Lipinski definition) is 3. The molecule has 1 aliphatic rings. The lowest BCUT2D eigenvalue weighted by molar-refractivity contribution is 0.0565. The summed E-state index contributed by atoms with van der Waals surface area (Å²) in [4.78, 5) is 24.6. The third kappa shape index (κ3) is 3.92. The van der Waals surface area contributed by atoms with E-state index in [0.29, 0.717) is 18.3 Å². The molecule has 1 atom stereocenters. The van der Waals surface area contributed by atoms with Crippen molar-refractivity contribution >= 4 is 16.8 Å². The fourth-order valence-electron chi connectivity index (χ4n) is 4.05. The molecule has 146 valence electrons. The number of carbonyl (C=O) groups excluding carboxylic acids is 1. The highest BCUT2D eigenvalue weighted by atomic mass is 19.1. The van der Waals surface area contributed by atoms with Gasteiger partial charge in [-0.2, -0.15) is 0 Å². The number of likely N-dealkylation sites (N-methyl/N-ethyl adjacent to an activating group) is 1. The minimum absolute atomic E-state index is 0.0127. The van der Waals surface area contributed by atoms with Gasteiger partial charge in [0.25, 0.3) is 5.91 Å². The van der Waals surface area contributed by atoms with Gasteiger partial charge in [0, 0.05) is 49.0 Å². The molecule has 2 aromatic heterocycles. The van der Waals surface area contributed by atoms with E-state index in [1.165, 1.54) is 17.7 Å². The summed E-state index contributed by atoms with van der Waals surface area (Å²) in [6.07, 6.45) is 5.70. The van der Waals surface area contributed by atoms with Gasteiger partial charge >= 0.3 is 0 Å². The van der Waals surface area contributed by atoms with Crippen LogP contribution in [-0.2, 0) is 6.54 Å². The molecule has 1 aliphatic heterocycles. The first-order valence-electron chi connectivity index (χ1n) is 9.84. The monoisotopic (exact) mass is 380 g/mol. The third-order valence-electron chi connectivity index (χ3n) is 5.55. The number of amides is 1. The number of likely N-dealkylation sites (tertiary alicyclic amines) is 1. The van der Waals surface area contributed by atoms with Crippen molar-refractivity contribution in [1.82, 2.24) is 19.8 Å². The van der Waals surface area contributed by atoms with Crippen LogP contribution in [0.3, 0.4) is 0 Å². The zero-order chi connectivity index (χ0) is 19.5. The molecule has 3 aromatic rings. The Morgan fingerprint density at radius 3 is 2.89 bits per heavy atom. The summed E-state index contributed by atoms with van der Waals surface area (Å²) >= 11 is 0. The van der Waals surface area contributed by atoms with Gasteiger partial charge in [-0.3, -0.25) is 14.7 Å². The second-order valence-corrected chi connectivity index (χ2v) is 7.38. The molecule has 4 rings (SSSR count). The normalized spacial score (nSPS) is 17.4. The average Bonchev–Trinajstić information content (AvgIpc) is 3.15. The molecular formula is C22H25FN4O. The molecule has 1 N–H and O–H groups in total. The summed E-state index contributed by atoms with van der Waals surface area (Å²) in [5, 5.41) is 0.727. The highest BCUT2D eigenvalue weighted by molar-refractivity contribution is 5.98. The standard InChI is InChI=1S/C22H25FN4O/c1-2-26(14-16-7-9-24-10-8-16)19-4-3-11-27(15-19)22(28)21-13-17-12-18(23)5-6-20(17)25-21/h5-10,12-13,19,25H,2-4,11,14-15H2,1H3. The van der Waals surface area contributed by atoms with Gasteiger partial charge in [-0.15, -0.1) is 0 Å². The molecule has 1 saturated heterocycles. The second kappa shape index (κ2) is 8.10. The van der Waals surface area contributed by atoms with Gasteiger partial charge in [0.05, 0.1) is 0 Å². The first kappa shape index (κ1) is 18.6. The van der Waals surface area contributed by atoms with Gasteiger partial charge in [-0.1, -0.05) is 6.92 Å². The van der Waals surface area contributed by atoms with Gasteiger partial charge in [0.15, 0.2) is 0 Å². The van der Waals surface area contributed by atoms with E-state index < -0.39 is 0 Å². The largest absolute Gasteiger partial charge is 0.351 e. The van der Waals surface area contributed by atoms with Crippen molar-refractivity contribution in [2.45, 2.75) is 32.4 Å². The van der Waals surface area contributed by atoms with Crippen LogP contribution >= 0.6 is 0 Å². The predicted molar refractivity (Wildman–Crippen MR) is 108 cm³/mol. The summed E-state index contributed by atoms with van der Waals surface area (Å²) in [6, 6.07) is 10.7. The Morgan fingerprint density at radius 1 is 1.29 bits per heavy atom. The number of hydrogen-bond donors (Lipinski definition) is 1. The lowest BCUT2D eigenvalue weighted by Crippen LogP contribution is -2.49. The van der Waals surface area contributed by atoms with E-state index in [4.69, 9.17) is 0 Å². The van der Waals surface area contributed by atoms with Gasteiger partial charge in [-0.25, -0.2) is 4.39 Å². The van der Waals surface area contributed by atoms with Crippen LogP contribution in [0.1, 0.15) is 35.8 Å². The van der Waals surface area contributed by atoms with E-state index in [2.05, 4.69) is 21.8 Å². The molecule has 0 aliphatic carbocycles. The van der Waals surface area contributed by atoms with Crippen molar-refractivity contribution in [1.29, 1.82) is 0 Å². The molecule has 0 spiro atoms. The average molecular weight is 380 g/mol. The summed E-state index contributed by atoms with van der Waals surface area (Å²) in [5.41, 5.74) is 2.54. The maximum Gasteiger partial charge on any atom is 0.270 e. The van der Waals surface area contributed by atoms with Crippen LogP contribution in [0.5, 0.6) is 0 Å². The number of pyridine rings is 1. The Hall–Kier alpha value is -2.73. The predicted octanol–water partition coefficient (Wildman–Crippen LogP) is 3.83. The van der Waals surface area contributed by atoms with Crippen molar-refractivity contribution < 1.29 is 9.18 Å². The topological polar surface area (TPSA) is 52.2 Å². The number of nitrogens with one attached hydrogen (secondary N) is 1. The smallest absolute Gasteiger partial charge is 0.270 e. The summed E-state index contributed by atoms with van der Waals surface area (Å²) in [7, 11) is 0. The van der Waals surface area contributed by atoms with E-state index in [-0.39, 0.29) is 11.7 Å². The lowest BCUT2D eigenvalue weighted by atomic mass is 10.0. The van der Waals surface area contributed by atoms with Crippen LogP contribution in [0.25, 0.3) is 10.9 Å². The Balaban J connectivity index is 1.48.